The molecule has 8 nitrogen and oxygen atoms in total. The summed E-state index contributed by atoms with van der Waals surface area (Å²) in [6, 6.07) is 3.81. The van der Waals surface area contributed by atoms with Crippen LogP contribution in [-0.4, -0.2) is 52.5 Å². The highest BCUT2D eigenvalue weighted by atomic mass is 32.2. The summed E-state index contributed by atoms with van der Waals surface area (Å²) in [5.41, 5.74) is -0.666. The highest BCUT2D eigenvalue weighted by molar-refractivity contribution is 7.89. The van der Waals surface area contributed by atoms with Crippen LogP contribution in [-0.2, 0) is 24.4 Å². The minimum Gasteiger partial charge on any atom is -0.495 e. The second-order valence-corrected chi connectivity index (χ2v) is 8.12. The summed E-state index contributed by atoms with van der Waals surface area (Å²) in [6.45, 7) is 4.74. The second-order valence-electron chi connectivity index (χ2n) is 6.21. The van der Waals surface area contributed by atoms with Gasteiger partial charge in [0.25, 0.3) is 10.0 Å². The van der Waals surface area contributed by atoms with Gasteiger partial charge in [0.2, 0.25) is 0 Å². The van der Waals surface area contributed by atoms with Crippen LogP contribution in [0.15, 0.2) is 23.1 Å². The lowest BCUT2D eigenvalue weighted by molar-refractivity contribution is -0.129. The molecule has 9 heteroatoms. The SMILES string of the molecule is COc1ccc(C(=O)OCC(=O)C(C)(C)C)cc1S(=O)(=O)N(C)OC. The molecule has 0 aliphatic carbocycles. The normalized spacial score (nSPS) is 12.1. The first-order valence-corrected chi connectivity index (χ1v) is 8.80. The van der Waals surface area contributed by atoms with Crippen molar-refractivity contribution in [2.24, 2.45) is 5.41 Å². The van der Waals surface area contributed by atoms with Crippen molar-refractivity contribution in [1.82, 2.24) is 4.47 Å². The van der Waals surface area contributed by atoms with Gasteiger partial charge in [-0.05, 0) is 18.2 Å². The number of sulfonamides is 1. The van der Waals surface area contributed by atoms with E-state index < -0.39 is 28.0 Å². The molecule has 0 saturated heterocycles. The summed E-state index contributed by atoms with van der Waals surface area (Å²) in [5, 5.41) is 0. The maximum absolute atomic E-state index is 12.4. The molecule has 1 aromatic rings. The fraction of sp³-hybridized carbons (Fsp3) is 0.500. The van der Waals surface area contributed by atoms with Gasteiger partial charge in [0.1, 0.15) is 10.6 Å². The third-order valence-corrected chi connectivity index (χ3v) is 5.14. The number of benzene rings is 1. The number of methoxy groups -OCH3 is 1. The minimum atomic E-state index is -4.03. The Morgan fingerprint density at radius 3 is 2.24 bits per heavy atom. The number of hydroxylamine groups is 1. The highest BCUT2D eigenvalue weighted by Crippen LogP contribution is 2.27. The predicted molar refractivity (Wildman–Crippen MR) is 89.7 cm³/mol. The van der Waals surface area contributed by atoms with E-state index in [0.717, 1.165) is 6.07 Å². The van der Waals surface area contributed by atoms with Crippen LogP contribution < -0.4 is 4.74 Å². The molecule has 0 heterocycles. The topological polar surface area (TPSA) is 99.2 Å². The molecule has 0 aromatic heterocycles. The van der Waals surface area contributed by atoms with Gasteiger partial charge in [0.05, 0.1) is 19.8 Å². The van der Waals surface area contributed by atoms with E-state index in [-0.39, 0.29) is 22.0 Å². The summed E-state index contributed by atoms with van der Waals surface area (Å²) in [4.78, 5) is 28.4. The van der Waals surface area contributed by atoms with Crippen molar-refractivity contribution in [1.29, 1.82) is 0 Å². The van der Waals surface area contributed by atoms with Gasteiger partial charge in [-0.2, -0.15) is 0 Å². The Labute approximate surface area is 147 Å². The van der Waals surface area contributed by atoms with Crippen LogP contribution in [0.1, 0.15) is 31.1 Å². The molecule has 0 radical (unpaired) electrons. The molecule has 0 N–H and O–H groups in total. The van der Waals surface area contributed by atoms with Crippen molar-refractivity contribution in [3.05, 3.63) is 23.8 Å². The largest absolute Gasteiger partial charge is 0.495 e. The van der Waals surface area contributed by atoms with E-state index in [1.807, 2.05) is 0 Å². The fourth-order valence-corrected chi connectivity index (χ4v) is 2.83. The Hall–Kier alpha value is -1.97. The zero-order chi connectivity index (χ0) is 19.4. The zero-order valence-corrected chi connectivity index (χ0v) is 16.0. The quantitative estimate of drug-likeness (QED) is 0.529. The van der Waals surface area contributed by atoms with Crippen molar-refractivity contribution in [2.45, 2.75) is 25.7 Å². The Balaban J connectivity index is 3.13. The number of hydrogen-bond acceptors (Lipinski definition) is 7. The first-order valence-electron chi connectivity index (χ1n) is 7.36. The maximum Gasteiger partial charge on any atom is 0.338 e. The molecular weight excluding hydrogens is 350 g/mol. The van der Waals surface area contributed by atoms with E-state index >= 15 is 0 Å². The van der Waals surface area contributed by atoms with Crippen molar-refractivity contribution in [3.8, 4) is 5.75 Å². The van der Waals surface area contributed by atoms with Crippen molar-refractivity contribution in [2.75, 3.05) is 27.9 Å². The standard InChI is InChI=1S/C16H23NO7S/c1-16(2,3)14(18)10-24-15(19)11-7-8-12(22-5)13(9-11)25(20,21)17(4)23-6/h7-9H,10H2,1-6H3. The predicted octanol–water partition coefficient (Wildman–Crippen LogP) is 1.65. The molecule has 140 valence electrons. The van der Waals surface area contributed by atoms with Gasteiger partial charge in [-0.1, -0.05) is 25.2 Å². The molecule has 0 fully saturated rings. The number of Topliss-reactive ketones (excluding diaryl/α,β-unsaturated/α-hetero) is 1. The number of ketones is 1. The molecule has 25 heavy (non-hydrogen) atoms. The van der Waals surface area contributed by atoms with Crippen LogP contribution in [0, 0.1) is 5.41 Å². The van der Waals surface area contributed by atoms with E-state index in [4.69, 9.17) is 14.3 Å². The number of ether oxygens (including phenoxy) is 2. The second kappa shape index (κ2) is 7.94. The summed E-state index contributed by atoms with van der Waals surface area (Å²) >= 11 is 0. The van der Waals surface area contributed by atoms with Gasteiger partial charge in [0.15, 0.2) is 12.4 Å². The molecule has 0 spiro atoms. The Morgan fingerprint density at radius 2 is 1.76 bits per heavy atom. The van der Waals surface area contributed by atoms with Crippen LogP contribution >= 0.6 is 0 Å². The number of carbonyl (C=O) groups excluding carboxylic acids is 2. The number of rotatable bonds is 7. The molecule has 0 atom stereocenters. The molecule has 0 saturated carbocycles. The minimum absolute atomic E-state index is 0.0226. The Bertz CT molecular complexity index is 750. The summed E-state index contributed by atoms with van der Waals surface area (Å²) in [5.74, 6) is -1.01. The van der Waals surface area contributed by atoms with Gasteiger partial charge in [-0.15, -0.1) is 0 Å². The smallest absolute Gasteiger partial charge is 0.338 e. The summed E-state index contributed by atoms with van der Waals surface area (Å²) < 4.78 is 35.5. The number of nitrogens with zero attached hydrogens (tertiary/aromatic N) is 1. The van der Waals surface area contributed by atoms with Crippen molar-refractivity contribution >= 4 is 21.8 Å². The van der Waals surface area contributed by atoms with E-state index in [0.29, 0.717) is 4.47 Å². The number of esters is 1. The van der Waals surface area contributed by atoms with Crippen LogP contribution in [0.2, 0.25) is 0 Å². The molecule has 0 aliphatic heterocycles. The van der Waals surface area contributed by atoms with Gasteiger partial charge >= 0.3 is 5.97 Å². The third kappa shape index (κ3) is 5.00. The Kier molecular flexibility index (Phi) is 6.69. The number of carbonyl (C=O) groups is 2. The first kappa shape index (κ1) is 21.1. The van der Waals surface area contributed by atoms with Gasteiger partial charge in [-0.25, -0.2) is 13.2 Å². The first-order chi connectivity index (χ1) is 11.4. The lowest BCUT2D eigenvalue weighted by atomic mass is 9.91. The Morgan fingerprint density at radius 1 is 1.16 bits per heavy atom. The van der Waals surface area contributed by atoms with E-state index in [9.17, 15) is 18.0 Å². The molecule has 1 rings (SSSR count). The van der Waals surface area contributed by atoms with Crippen molar-refractivity contribution < 1.29 is 32.3 Å². The van der Waals surface area contributed by atoms with Crippen molar-refractivity contribution in [3.63, 3.8) is 0 Å². The highest BCUT2D eigenvalue weighted by Gasteiger charge is 2.27. The molecule has 1 aromatic carbocycles. The van der Waals surface area contributed by atoms with Crippen LogP contribution in [0.4, 0.5) is 0 Å². The molecule has 0 bridgehead atoms. The summed E-state index contributed by atoms with van der Waals surface area (Å²) in [6.07, 6.45) is 0. The third-order valence-electron chi connectivity index (χ3n) is 3.44. The van der Waals surface area contributed by atoms with Crippen LogP contribution in [0.3, 0.4) is 0 Å². The maximum atomic E-state index is 12.4. The monoisotopic (exact) mass is 373 g/mol. The number of hydrogen-bond donors (Lipinski definition) is 0. The van der Waals surface area contributed by atoms with E-state index in [1.54, 1.807) is 20.8 Å². The molecule has 0 unspecified atom stereocenters. The van der Waals surface area contributed by atoms with E-state index in [2.05, 4.69) is 0 Å². The fourth-order valence-electron chi connectivity index (χ4n) is 1.67. The van der Waals surface area contributed by atoms with Crippen LogP contribution in [0.25, 0.3) is 0 Å². The lowest BCUT2D eigenvalue weighted by Gasteiger charge is -2.18. The molecular formula is C16H23NO7S. The molecule has 0 amide bonds. The lowest BCUT2D eigenvalue weighted by Crippen LogP contribution is -2.27. The van der Waals surface area contributed by atoms with Gasteiger partial charge in [-0.3, -0.25) is 9.63 Å². The van der Waals surface area contributed by atoms with Gasteiger partial charge < -0.3 is 9.47 Å². The average molecular weight is 373 g/mol. The zero-order valence-electron chi connectivity index (χ0n) is 15.2. The average Bonchev–Trinajstić information content (AvgIpc) is 2.56. The van der Waals surface area contributed by atoms with E-state index in [1.165, 1.54) is 33.4 Å². The van der Waals surface area contributed by atoms with Gasteiger partial charge in [0, 0.05) is 12.5 Å². The molecule has 0 aliphatic rings. The summed E-state index contributed by atoms with van der Waals surface area (Å²) in [7, 11) is -0.319. The van der Waals surface area contributed by atoms with Crippen LogP contribution in [0.5, 0.6) is 5.75 Å².